The van der Waals surface area contributed by atoms with Gasteiger partial charge in [-0.25, -0.2) is 13.4 Å². The number of aryl methyl sites for hydroxylation is 1. The third kappa shape index (κ3) is 3.43. The molecular weight excluding hydrogens is 296 g/mol. The summed E-state index contributed by atoms with van der Waals surface area (Å²) in [6, 6.07) is 6.17. The maximum atomic E-state index is 12.1. The summed E-state index contributed by atoms with van der Waals surface area (Å²) in [5.41, 5.74) is 0.163. The van der Waals surface area contributed by atoms with Crippen molar-refractivity contribution in [3.05, 3.63) is 45.9 Å². The molecule has 2 aromatic rings. The van der Waals surface area contributed by atoms with Gasteiger partial charge >= 0.3 is 0 Å². The molecule has 0 spiro atoms. The average molecular weight is 310 g/mol. The summed E-state index contributed by atoms with van der Waals surface area (Å²) in [4.78, 5) is 17.2. The summed E-state index contributed by atoms with van der Waals surface area (Å²) in [6.07, 6.45) is 2.79. The topological polar surface area (TPSA) is 76.1 Å². The van der Waals surface area contributed by atoms with E-state index in [1.54, 1.807) is 18.3 Å². The number of amides is 1. The first-order valence-corrected chi connectivity index (χ1v) is 8.57. The fourth-order valence-corrected chi connectivity index (χ4v) is 3.35. The molecule has 1 heterocycles. The lowest BCUT2D eigenvalue weighted by Crippen LogP contribution is -2.24. The second-order valence-corrected chi connectivity index (χ2v) is 7.60. The summed E-state index contributed by atoms with van der Waals surface area (Å²) in [6.45, 7) is 2.22. The molecule has 0 aliphatic heterocycles. The van der Waals surface area contributed by atoms with Crippen molar-refractivity contribution in [2.45, 2.75) is 18.4 Å². The lowest BCUT2D eigenvalue weighted by molar-refractivity contribution is 0.0948. The van der Waals surface area contributed by atoms with Crippen LogP contribution in [0, 0.1) is 6.92 Å². The Morgan fingerprint density at radius 1 is 1.35 bits per heavy atom. The van der Waals surface area contributed by atoms with Gasteiger partial charge in [-0.2, -0.15) is 0 Å². The van der Waals surface area contributed by atoms with Gasteiger partial charge in [0.2, 0.25) is 0 Å². The number of benzene rings is 1. The number of nitrogens with zero attached hydrogens (tertiary/aromatic N) is 1. The van der Waals surface area contributed by atoms with E-state index in [1.165, 1.54) is 23.5 Å². The van der Waals surface area contributed by atoms with Crippen LogP contribution >= 0.6 is 11.3 Å². The van der Waals surface area contributed by atoms with Gasteiger partial charge in [0.05, 0.1) is 22.0 Å². The van der Waals surface area contributed by atoms with Crippen LogP contribution in [0.2, 0.25) is 0 Å². The molecule has 1 N–H and O–H groups in total. The number of nitrogens with one attached hydrogen (secondary N) is 1. The number of aromatic nitrogens is 1. The number of hydrogen-bond acceptors (Lipinski definition) is 5. The molecule has 0 aliphatic carbocycles. The van der Waals surface area contributed by atoms with Gasteiger partial charge in [0, 0.05) is 17.3 Å². The molecule has 1 aromatic heterocycles. The van der Waals surface area contributed by atoms with Crippen molar-refractivity contribution < 1.29 is 13.2 Å². The molecule has 0 unspecified atom stereocenters. The first-order valence-electron chi connectivity index (χ1n) is 5.86. The molecule has 0 aliphatic rings. The van der Waals surface area contributed by atoms with Gasteiger partial charge in [0.25, 0.3) is 5.91 Å². The monoisotopic (exact) mass is 310 g/mol. The second kappa shape index (κ2) is 5.72. The maximum Gasteiger partial charge on any atom is 0.252 e. The molecule has 0 saturated heterocycles. The minimum Gasteiger partial charge on any atom is -0.347 e. The van der Waals surface area contributed by atoms with Crippen LogP contribution in [0.25, 0.3) is 0 Å². The highest BCUT2D eigenvalue weighted by Crippen LogP contribution is 2.16. The zero-order chi connectivity index (χ0) is 14.8. The van der Waals surface area contributed by atoms with E-state index in [4.69, 9.17) is 0 Å². The Balaban J connectivity index is 2.18. The van der Waals surface area contributed by atoms with Gasteiger partial charge in [-0.1, -0.05) is 12.1 Å². The van der Waals surface area contributed by atoms with E-state index >= 15 is 0 Å². The zero-order valence-electron chi connectivity index (χ0n) is 11.1. The van der Waals surface area contributed by atoms with Crippen LogP contribution in [-0.2, 0) is 16.4 Å². The standard InChI is InChI=1S/C13H14N2O3S2/c1-9-14-7-10(19-9)8-15-13(16)11-5-3-4-6-12(11)20(2,17)18/h3-7H,8H2,1-2H3,(H,15,16). The fraction of sp³-hybridized carbons (Fsp3) is 0.231. The minimum atomic E-state index is -3.43. The van der Waals surface area contributed by atoms with Crippen molar-refractivity contribution in [2.24, 2.45) is 0 Å². The first-order chi connectivity index (χ1) is 9.38. The molecule has 0 saturated carbocycles. The Morgan fingerprint density at radius 3 is 2.65 bits per heavy atom. The summed E-state index contributed by atoms with van der Waals surface area (Å²) < 4.78 is 23.3. The van der Waals surface area contributed by atoms with Crippen molar-refractivity contribution in [2.75, 3.05) is 6.26 Å². The Hall–Kier alpha value is -1.73. The molecule has 0 radical (unpaired) electrons. The lowest BCUT2D eigenvalue weighted by Gasteiger charge is -2.07. The molecule has 106 valence electrons. The molecule has 0 fully saturated rings. The lowest BCUT2D eigenvalue weighted by atomic mass is 10.2. The van der Waals surface area contributed by atoms with E-state index in [1.807, 2.05) is 6.92 Å². The number of sulfone groups is 1. The maximum absolute atomic E-state index is 12.1. The van der Waals surface area contributed by atoms with Crippen LogP contribution in [0.15, 0.2) is 35.4 Å². The van der Waals surface area contributed by atoms with Crippen LogP contribution in [0.3, 0.4) is 0 Å². The molecular formula is C13H14N2O3S2. The largest absolute Gasteiger partial charge is 0.347 e. The Bertz CT molecular complexity index is 736. The SMILES string of the molecule is Cc1ncc(CNC(=O)c2ccccc2S(C)(=O)=O)s1. The number of carbonyl (C=O) groups excluding carboxylic acids is 1. The molecule has 0 bridgehead atoms. The van der Waals surface area contributed by atoms with Crippen LogP contribution in [0.4, 0.5) is 0 Å². The van der Waals surface area contributed by atoms with Crippen molar-refractivity contribution >= 4 is 27.1 Å². The second-order valence-electron chi connectivity index (χ2n) is 4.30. The van der Waals surface area contributed by atoms with Crippen molar-refractivity contribution in [1.82, 2.24) is 10.3 Å². The van der Waals surface area contributed by atoms with Crippen molar-refractivity contribution in [3.8, 4) is 0 Å². The van der Waals surface area contributed by atoms with Gasteiger partial charge in [-0.3, -0.25) is 4.79 Å². The average Bonchev–Trinajstić information content (AvgIpc) is 2.81. The van der Waals surface area contributed by atoms with Crippen LogP contribution in [-0.4, -0.2) is 25.6 Å². The fourth-order valence-electron chi connectivity index (χ4n) is 1.73. The zero-order valence-corrected chi connectivity index (χ0v) is 12.7. The molecule has 1 amide bonds. The predicted molar refractivity (Wildman–Crippen MR) is 77.6 cm³/mol. The molecule has 1 aromatic carbocycles. The van der Waals surface area contributed by atoms with Gasteiger partial charge in [0.1, 0.15) is 0 Å². The third-order valence-corrected chi connectivity index (χ3v) is 4.69. The molecule has 2 rings (SSSR count). The summed E-state index contributed by atoms with van der Waals surface area (Å²) in [7, 11) is -3.43. The molecule has 20 heavy (non-hydrogen) atoms. The van der Waals surface area contributed by atoms with E-state index in [0.717, 1.165) is 16.1 Å². The smallest absolute Gasteiger partial charge is 0.252 e. The van der Waals surface area contributed by atoms with Gasteiger partial charge < -0.3 is 5.32 Å². The number of rotatable bonds is 4. The van der Waals surface area contributed by atoms with Crippen LogP contribution in [0.5, 0.6) is 0 Å². The van der Waals surface area contributed by atoms with E-state index in [0.29, 0.717) is 6.54 Å². The highest BCUT2D eigenvalue weighted by molar-refractivity contribution is 7.90. The Labute approximate surface area is 121 Å². The van der Waals surface area contributed by atoms with E-state index in [-0.39, 0.29) is 10.5 Å². The quantitative estimate of drug-likeness (QED) is 0.934. The van der Waals surface area contributed by atoms with E-state index < -0.39 is 15.7 Å². The predicted octanol–water partition coefficient (Wildman–Crippen LogP) is 1.79. The molecule has 7 heteroatoms. The van der Waals surface area contributed by atoms with E-state index in [2.05, 4.69) is 10.3 Å². The first kappa shape index (κ1) is 14.7. The minimum absolute atomic E-state index is 0.0398. The Morgan fingerprint density at radius 2 is 2.05 bits per heavy atom. The van der Waals surface area contributed by atoms with Crippen molar-refractivity contribution in [3.63, 3.8) is 0 Å². The highest BCUT2D eigenvalue weighted by Gasteiger charge is 2.17. The van der Waals surface area contributed by atoms with Crippen molar-refractivity contribution in [1.29, 1.82) is 0 Å². The van der Waals surface area contributed by atoms with Gasteiger partial charge in [-0.05, 0) is 19.1 Å². The Kier molecular flexibility index (Phi) is 4.20. The number of hydrogen-bond donors (Lipinski definition) is 1. The van der Waals surface area contributed by atoms with E-state index in [9.17, 15) is 13.2 Å². The van der Waals surface area contributed by atoms with Crippen LogP contribution < -0.4 is 5.32 Å². The highest BCUT2D eigenvalue weighted by atomic mass is 32.2. The summed E-state index contributed by atoms with van der Waals surface area (Å²) in [5, 5.41) is 3.63. The normalized spacial score (nSPS) is 11.3. The van der Waals surface area contributed by atoms with Gasteiger partial charge in [0.15, 0.2) is 9.84 Å². The number of carbonyl (C=O) groups is 1. The molecule has 0 atom stereocenters. The number of thiazole rings is 1. The summed E-state index contributed by atoms with van der Waals surface area (Å²) in [5.74, 6) is -0.405. The third-order valence-electron chi connectivity index (χ3n) is 2.62. The summed E-state index contributed by atoms with van der Waals surface area (Å²) >= 11 is 1.49. The van der Waals surface area contributed by atoms with Crippen LogP contribution in [0.1, 0.15) is 20.2 Å². The van der Waals surface area contributed by atoms with Gasteiger partial charge in [-0.15, -0.1) is 11.3 Å². The molecule has 5 nitrogen and oxygen atoms in total.